The normalized spacial score (nSPS) is 11.1. The highest BCUT2D eigenvalue weighted by Gasteiger charge is 2.19. The smallest absolute Gasteiger partial charge is 0.230 e. The minimum atomic E-state index is -0.103. The van der Waals surface area contributed by atoms with Crippen molar-refractivity contribution < 1.29 is 4.79 Å². The van der Waals surface area contributed by atoms with Gasteiger partial charge in [-0.25, -0.2) is 4.98 Å². The second-order valence-corrected chi connectivity index (χ2v) is 8.14. The lowest BCUT2D eigenvalue weighted by Crippen LogP contribution is -2.16. The van der Waals surface area contributed by atoms with Gasteiger partial charge in [-0.3, -0.25) is 4.79 Å². The second kappa shape index (κ2) is 7.96. The molecule has 1 N–H and O–H groups in total. The molecule has 0 saturated heterocycles. The number of nitrogens with zero attached hydrogens (tertiary/aromatic N) is 2. The fourth-order valence-electron chi connectivity index (χ4n) is 3.63. The van der Waals surface area contributed by atoms with Gasteiger partial charge in [0.15, 0.2) is 0 Å². The Morgan fingerprint density at radius 2 is 1.80 bits per heavy atom. The van der Waals surface area contributed by atoms with E-state index in [9.17, 15) is 4.79 Å². The molecule has 5 heteroatoms. The molecule has 1 amide bonds. The van der Waals surface area contributed by atoms with E-state index in [1.807, 2.05) is 54.8 Å². The van der Waals surface area contributed by atoms with Crippen molar-refractivity contribution in [3.05, 3.63) is 87.7 Å². The molecule has 0 aliphatic heterocycles. The van der Waals surface area contributed by atoms with Crippen LogP contribution >= 0.6 is 11.6 Å². The Balaban J connectivity index is 1.77. The van der Waals surface area contributed by atoms with Crippen LogP contribution in [0.25, 0.3) is 16.9 Å². The topological polar surface area (TPSA) is 46.4 Å². The summed E-state index contributed by atoms with van der Waals surface area (Å²) in [6.45, 7) is 8.12. The maximum atomic E-state index is 13.0. The first-order chi connectivity index (χ1) is 14.3. The SMILES string of the molecule is Cc1ccc(-c2nc3c(C)cccn3c2CC(=O)Nc2cccc(Cl)c2C)cc1C. The van der Waals surface area contributed by atoms with Crippen LogP contribution in [0.2, 0.25) is 5.02 Å². The van der Waals surface area contributed by atoms with Gasteiger partial charge in [0.2, 0.25) is 5.91 Å². The fraction of sp³-hybridized carbons (Fsp3) is 0.200. The van der Waals surface area contributed by atoms with Gasteiger partial charge in [0.25, 0.3) is 0 Å². The lowest BCUT2D eigenvalue weighted by atomic mass is 10.0. The van der Waals surface area contributed by atoms with Gasteiger partial charge < -0.3 is 9.72 Å². The third-order valence-corrected chi connectivity index (χ3v) is 6.00. The number of fused-ring (bicyclic) bond motifs is 1. The van der Waals surface area contributed by atoms with Crippen LogP contribution in [0, 0.1) is 27.7 Å². The quantitative estimate of drug-likeness (QED) is 0.438. The van der Waals surface area contributed by atoms with Gasteiger partial charge in [-0.1, -0.05) is 35.9 Å². The number of pyridine rings is 1. The van der Waals surface area contributed by atoms with Crippen molar-refractivity contribution in [2.24, 2.45) is 0 Å². The summed E-state index contributed by atoms with van der Waals surface area (Å²) in [5, 5.41) is 3.64. The van der Waals surface area contributed by atoms with Crippen molar-refractivity contribution in [1.29, 1.82) is 0 Å². The molecular formula is C25H24ClN3O. The Morgan fingerprint density at radius 1 is 1.00 bits per heavy atom. The van der Waals surface area contributed by atoms with Gasteiger partial charge in [0.05, 0.1) is 17.8 Å². The number of halogens is 1. The van der Waals surface area contributed by atoms with Crippen molar-refractivity contribution in [3.8, 4) is 11.3 Å². The van der Waals surface area contributed by atoms with E-state index in [0.29, 0.717) is 5.02 Å². The number of nitrogens with one attached hydrogen (secondary N) is 1. The van der Waals surface area contributed by atoms with E-state index in [1.165, 1.54) is 11.1 Å². The van der Waals surface area contributed by atoms with E-state index in [2.05, 4.69) is 37.4 Å². The predicted molar refractivity (Wildman–Crippen MR) is 123 cm³/mol. The van der Waals surface area contributed by atoms with E-state index in [0.717, 1.165) is 39.4 Å². The van der Waals surface area contributed by atoms with Gasteiger partial charge in [-0.2, -0.15) is 0 Å². The van der Waals surface area contributed by atoms with Gasteiger partial charge >= 0.3 is 0 Å². The summed E-state index contributed by atoms with van der Waals surface area (Å²) in [5.41, 5.74) is 8.68. The number of hydrogen-bond donors (Lipinski definition) is 1. The Labute approximate surface area is 181 Å². The number of anilines is 1. The molecule has 152 valence electrons. The van der Waals surface area contributed by atoms with Crippen LogP contribution in [-0.2, 0) is 11.2 Å². The molecule has 0 fully saturated rings. The van der Waals surface area contributed by atoms with Gasteiger partial charge in [-0.05, 0) is 74.2 Å². The number of aryl methyl sites for hydroxylation is 3. The molecule has 0 radical (unpaired) electrons. The van der Waals surface area contributed by atoms with Crippen molar-refractivity contribution in [3.63, 3.8) is 0 Å². The van der Waals surface area contributed by atoms with Gasteiger partial charge in [0, 0.05) is 22.5 Å². The molecule has 4 aromatic rings. The molecule has 2 aromatic heterocycles. The third kappa shape index (κ3) is 3.71. The van der Waals surface area contributed by atoms with Crippen molar-refractivity contribution in [2.75, 3.05) is 5.32 Å². The second-order valence-electron chi connectivity index (χ2n) is 7.73. The molecule has 2 aromatic carbocycles. The molecule has 4 rings (SSSR count). The molecule has 2 heterocycles. The number of amides is 1. The average Bonchev–Trinajstić information content (AvgIpc) is 3.07. The largest absolute Gasteiger partial charge is 0.325 e. The van der Waals surface area contributed by atoms with Crippen LogP contribution in [-0.4, -0.2) is 15.3 Å². The molecule has 0 bridgehead atoms. The lowest BCUT2D eigenvalue weighted by Gasteiger charge is -2.11. The molecule has 30 heavy (non-hydrogen) atoms. The van der Waals surface area contributed by atoms with Crippen LogP contribution < -0.4 is 5.32 Å². The monoisotopic (exact) mass is 417 g/mol. The maximum absolute atomic E-state index is 13.0. The predicted octanol–water partition coefficient (Wildman–Crippen LogP) is 6.07. The molecule has 0 spiro atoms. The number of carbonyl (C=O) groups is 1. The van der Waals surface area contributed by atoms with Crippen LogP contribution in [0.1, 0.15) is 27.9 Å². The van der Waals surface area contributed by atoms with Crippen molar-refractivity contribution in [2.45, 2.75) is 34.1 Å². The third-order valence-electron chi connectivity index (χ3n) is 5.59. The summed E-state index contributed by atoms with van der Waals surface area (Å²) in [6.07, 6.45) is 2.17. The summed E-state index contributed by atoms with van der Waals surface area (Å²) in [4.78, 5) is 17.9. The molecular weight excluding hydrogens is 394 g/mol. The standard InChI is InChI=1S/C25H24ClN3O/c1-15-10-11-19(13-17(15)3)24-22(29-12-6-7-16(2)25(29)28-24)14-23(30)27-21-9-5-8-20(26)18(21)4/h5-13H,14H2,1-4H3,(H,27,30). The highest BCUT2D eigenvalue weighted by atomic mass is 35.5. The van der Waals surface area contributed by atoms with Crippen LogP contribution in [0.4, 0.5) is 5.69 Å². The van der Waals surface area contributed by atoms with Crippen molar-refractivity contribution >= 4 is 28.8 Å². The van der Waals surface area contributed by atoms with Crippen LogP contribution in [0.3, 0.4) is 0 Å². The summed E-state index contributed by atoms with van der Waals surface area (Å²) in [6, 6.07) is 15.8. The Morgan fingerprint density at radius 3 is 2.57 bits per heavy atom. The van der Waals surface area contributed by atoms with E-state index < -0.39 is 0 Å². The molecule has 0 unspecified atom stereocenters. The Hall–Kier alpha value is -3.11. The number of rotatable bonds is 4. The van der Waals surface area contributed by atoms with Crippen LogP contribution in [0.15, 0.2) is 54.7 Å². The number of carbonyl (C=O) groups excluding carboxylic acids is 1. The first-order valence-electron chi connectivity index (χ1n) is 9.94. The molecule has 4 nitrogen and oxygen atoms in total. The van der Waals surface area contributed by atoms with Crippen molar-refractivity contribution in [1.82, 2.24) is 9.38 Å². The average molecular weight is 418 g/mol. The van der Waals surface area contributed by atoms with E-state index >= 15 is 0 Å². The zero-order chi connectivity index (χ0) is 21.4. The molecule has 0 aliphatic carbocycles. The minimum Gasteiger partial charge on any atom is -0.325 e. The Bertz CT molecular complexity index is 1270. The highest BCUT2D eigenvalue weighted by molar-refractivity contribution is 6.31. The van der Waals surface area contributed by atoms with Gasteiger partial charge in [-0.15, -0.1) is 0 Å². The van der Waals surface area contributed by atoms with E-state index in [-0.39, 0.29) is 12.3 Å². The molecule has 0 aliphatic rings. The van der Waals surface area contributed by atoms with E-state index in [1.54, 1.807) is 0 Å². The number of benzene rings is 2. The van der Waals surface area contributed by atoms with E-state index in [4.69, 9.17) is 16.6 Å². The Kier molecular flexibility index (Phi) is 5.35. The van der Waals surface area contributed by atoms with Crippen LogP contribution in [0.5, 0.6) is 0 Å². The fourth-order valence-corrected chi connectivity index (χ4v) is 3.81. The summed E-state index contributed by atoms with van der Waals surface area (Å²) >= 11 is 6.20. The lowest BCUT2D eigenvalue weighted by molar-refractivity contribution is -0.115. The molecule has 0 atom stereocenters. The zero-order valence-corrected chi connectivity index (χ0v) is 18.3. The minimum absolute atomic E-state index is 0.103. The highest BCUT2D eigenvalue weighted by Crippen LogP contribution is 2.29. The zero-order valence-electron chi connectivity index (χ0n) is 17.6. The first-order valence-corrected chi connectivity index (χ1v) is 10.3. The maximum Gasteiger partial charge on any atom is 0.230 e. The molecule has 0 saturated carbocycles. The number of imidazole rings is 1. The number of aromatic nitrogens is 2. The summed E-state index contributed by atoms with van der Waals surface area (Å²) in [7, 11) is 0. The summed E-state index contributed by atoms with van der Waals surface area (Å²) in [5.74, 6) is -0.103. The van der Waals surface area contributed by atoms with Gasteiger partial charge in [0.1, 0.15) is 5.65 Å². The first kappa shape index (κ1) is 20.2. The summed E-state index contributed by atoms with van der Waals surface area (Å²) < 4.78 is 2.02. The number of hydrogen-bond acceptors (Lipinski definition) is 2.